The first kappa shape index (κ1) is 25.6. The molecule has 0 radical (unpaired) electrons. The van der Waals surface area contributed by atoms with E-state index >= 15 is 0 Å². The molecule has 11 heteroatoms. The molecule has 0 aromatic carbocycles. The van der Waals surface area contributed by atoms with Gasteiger partial charge in [-0.25, -0.2) is 4.79 Å². The summed E-state index contributed by atoms with van der Waals surface area (Å²) in [5.41, 5.74) is 0. The SMILES string of the molecule is CC(C)CC(NC(=O)C(CCC(=O)O)NC(=O)C1CCCN1C(=O)C1CCCN1)C(=O)O. The van der Waals surface area contributed by atoms with Gasteiger partial charge in [0.25, 0.3) is 0 Å². The fourth-order valence-electron chi connectivity index (χ4n) is 4.17. The minimum atomic E-state index is -1.21. The third kappa shape index (κ3) is 7.18. The molecule has 2 aliphatic heterocycles. The van der Waals surface area contributed by atoms with Gasteiger partial charge in [0.1, 0.15) is 18.1 Å². The Morgan fingerprint density at radius 3 is 2.31 bits per heavy atom. The predicted octanol–water partition coefficient (Wildman–Crippen LogP) is -0.305. The molecule has 2 rings (SSSR count). The van der Waals surface area contributed by atoms with Crippen LogP contribution in [0.4, 0.5) is 0 Å². The number of hydrogen-bond donors (Lipinski definition) is 5. The van der Waals surface area contributed by atoms with Crippen LogP contribution in [0.15, 0.2) is 0 Å². The fourth-order valence-corrected chi connectivity index (χ4v) is 4.17. The number of likely N-dealkylation sites (tertiary alicyclic amines) is 1. The van der Waals surface area contributed by atoms with Crippen molar-refractivity contribution in [1.82, 2.24) is 20.9 Å². The van der Waals surface area contributed by atoms with Crippen molar-refractivity contribution in [3.63, 3.8) is 0 Å². The number of nitrogens with one attached hydrogen (secondary N) is 3. The lowest BCUT2D eigenvalue weighted by Crippen LogP contribution is -2.56. The standard InChI is InChI=1S/C21H34N4O7/c1-12(2)11-15(21(31)32)24-18(28)13(7-8-17(26)27)23-19(29)16-6-4-10-25(16)20(30)14-5-3-9-22-14/h12-16,22H,3-11H2,1-2H3,(H,23,29)(H,24,28)(H,26,27)(H,31,32). The second-order valence-electron chi connectivity index (χ2n) is 8.86. The molecule has 0 aromatic rings. The molecule has 3 amide bonds. The average Bonchev–Trinajstić information content (AvgIpc) is 3.41. The van der Waals surface area contributed by atoms with Gasteiger partial charge < -0.3 is 31.1 Å². The number of carbonyl (C=O) groups is 5. The molecule has 5 N–H and O–H groups in total. The van der Waals surface area contributed by atoms with Crippen LogP contribution in [-0.4, -0.2) is 82.0 Å². The highest BCUT2D eigenvalue weighted by Gasteiger charge is 2.39. The molecule has 4 unspecified atom stereocenters. The average molecular weight is 455 g/mol. The summed E-state index contributed by atoms with van der Waals surface area (Å²) in [5.74, 6) is -3.76. The molecular weight excluding hydrogens is 420 g/mol. The predicted molar refractivity (Wildman–Crippen MR) is 114 cm³/mol. The summed E-state index contributed by atoms with van der Waals surface area (Å²) < 4.78 is 0. The Hall–Kier alpha value is -2.69. The van der Waals surface area contributed by atoms with Gasteiger partial charge in [-0.2, -0.15) is 0 Å². The highest BCUT2D eigenvalue weighted by Crippen LogP contribution is 2.21. The van der Waals surface area contributed by atoms with Crippen molar-refractivity contribution >= 4 is 29.7 Å². The van der Waals surface area contributed by atoms with Gasteiger partial charge in [0.15, 0.2) is 0 Å². The van der Waals surface area contributed by atoms with Crippen LogP contribution in [0, 0.1) is 5.92 Å². The molecule has 0 aliphatic carbocycles. The van der Waals surface area contributed by atoms with E-state index in [0.29, 0.717) is 25.8 Å². The molecule has 2 heterocycles. The van der Waals surface area contributed by atoms with Gasteiger partial charge in [0.2, 0.25) is 17.7 Å². The molecule has 2 fully saturated rings. The molecule has 2 saturated heterocycles. The Balaban J connectivity index is 2.08. The van der Waals surface area contributed by atoms with Crippen LogP contribution >= 0.6 is 0 Å². The smallest absolute Gasteiger partial charge is 0.326 e. The van der Waals surface area contributed by atoms with Crippen LogP contribution in [0.25, 0.3) is 0 Å². The molecule has 11 nitrogen and oxygen atoms in total. The first-order valence-corrected chi connectivity index (χ1v) is 11.2. The van der Waals surface area contributed by atoms with E-state index in [1.165, 1.54) is 4.90 Å². The van der Waals surface area contributed by atoms with Crippen LogP contribution in [0.5, 0.6) is 0 Å². The number of amides is 3. The van der Waals surface area contributed by atoms with Crippen molar-refractivity contribution in [3.05, 3.63) is 0 Å². The van der Waals surface area contributed by atoms with E-state index in [4.69, 9.17) is 5.11 Å². The van der Waals surface area contributed by atoms with Crippen molar-refractivity contribution < 1.29 is 34.2 Å². The summed E-state index contributed by atoms with van der Waals surface area (Å²) in [5, 5.41) is 26.5. The lowest BCUT2D eigenvalue weighted by atomic mass is 10.0. The number of carboxylic acids is 2. The first-order valence-electron chi connectivity index (χ1n) is 11.2. The minimum Gasteiger partial charge on any atom is -0.481 e. The van der Waals surface area contributed by atoms with Crippen molar-refractivity contribution in [3.8, 4) is 0 Å². The molecule has 0 aromatic heterocycles. The van der Waals surface area contributed by atoms with Crippen LogP contribution in [-0.2, 0) is 24.0 Å². The molecule has 0 saturated carbocycles. The van der Waals surface area contributed by atoms with Gasteiger partial charge in [0.05, 0.1) is 6.04 Å². The summed E-state index contributed by atoms with van der Waals surface area (Å²) in [4.78, 5) is 62.5. The monoisotopic (exact) mass is 454 g/mol. The molecule has 0 spiro atoms. The van der Waals surface area contributed by atoms with Crippen molar-refractivity contribution in [2.75, 3.05) is 13.1 Å². The van der Waals surface area contributed by atoms with Gasteiger partial charge in [-0.05, 0) is 51.0 Å². The zero-order valence-corrected chi connectivity index (χ0v) is 18.6. The molecular formula is C21H34N4O7. The van der Waals surface area contributed by atoms with Crippen LogP contribution in [0.1, 0.15) is 58.8 Å². The van der Waals surface area contributed by atoms with Gasteiger partial charge in [0, 0.05) is 13.0 Å². The summed E-state index contributed by atoms with van der Waals surface area (Å²) in [7, 11) is 0. The third-order valence-electron chi connectivity index (χ3n) is 5.80. The molecule has 180 valence electrons. The van der Waals surface area contributed by atoms with Gasteiger partial charge in [-0.3, -0.25) is 19.2 Å². The zero-order chi connectivity index (χ0) is 23.8. The van der Waals surface area contributed by atoms with Gasteiger partial charge >= 0.3 is 11.9 Å². The third-order valence-corrected chi connectivity index (χ3v) is 5.80. The number of carboxylic acid groups (broad SMARTS) is 2. The number of aliphatic carboxylic acids is 2. The van der Waals surface area contributed by atoms with E-state index in [-0.39, 0.29) is 37.1 Å². The van der Waals surface area contributed by atoms with E-state index in [9.17, 15) is 29.1 Å². The maximum atomic E-state index is 13.0. The first-order chi connectivity index (χ1) is 15.1. The Bertz CT molecular complexity index is 721. The fraction of sp³-hybridized carbons (Fsp3) is 0.762. The minimum absolute atomic E-state index is 0.00529. The highest BCUT2D eigenvalue weighted by atomic mass is 16.4. The summed E-state index contributed by atoms with van der Waals surface area (Å²) in [6.07, 6.45) is 2.32. The van der Waals surface area contributed by atoms with Crippen LogP contribution < -0.4 is 16.0 Å². The van der Waals surface area contributed by atoms with Crippen molar-refractivity contribution in [2.24, 2.45) is 5.92 Å². The van der Waals surface area contributed by atoms with Crippen LogP contribution in [0.2, 0.25) is 0 Å². The molecule has 32 heavy (non-hydrogen) atoms. The second kappa shape index (κ2) is 11.8. The Morgan fingerprint density at radius 2 is 1.75 bits per heavy atom. The van der Waals surface area contributed by atoms with Gasteiger partial charge in [-0.15, -0.1) is 0 Å². The van der Waals surface area contributed by atoms with E-state index in [2.05, 4.69) is 16.0 Å². The topological polar surface area (TPSA) is 165 Å². The molecule has 2 aliphatic rings. The Morgan fingerprint density at radius 1 is 1.03 bits per heavy atom. The zero-order valence-electron chi connectivity index (χ0n) is 18.6. The van der Waals surface area contributed by atoms with E-state index in [1.54, 1.807) is 0 Å². The van der Waals surface area contributed by atoms with E-state index in [1.807, 2.05) is 13.8 Å². The van der Waals surface area contributed by atoms with Crippen molar-refractivity contribution in [1.29, 1.82) is 0 Å². The number of hydrogen-bond acceptors (Lipinski definition) is 6. The van der Waals surface area contributed by atoms with E-state index < -0.39 is 41.9 Å². The summed E-state index contributed by atoms with van der Waals surface area (Å²) >= 11 is 0. The van der Waals surface area contributed by atoms with E-state index in [0.717, 1.165) is 13.0 Å². The normalized spacial score (nSPS) is 22.4. The number of carbonyl (C=O) groups excluding carboxylic acids is 3. The van der Waals surface area contributed by atoms with Gasteiger partial charge in [-0.1, -0.05) is 13.8 Å². The molecule has 0 bridgehead atoms. The quantitative estimate of drug-likeness (QED) is 0.284. The summed E-state index contributed by atoms with van der Waals surface area (Å²) in [6, 6.07) is -3.42. The maximum absolute atomic E-state index is 13.0. The molecule has 4 atom stereocenters. The largest absolute Gasteiger partial charge is 0.481 e. The Labute approximate surface area is 187 Å². The number of rotatable bonds is 11. The van der Waals surface area contributed by atoms with Crippen molar-refractivity contribution in [2.45, 2.75) is 83.0 Å². The number of nitrogens with zero attached hydrogens (tertiary/aromatic N) is 1. The lowest BCUT2D eigenvalue weighted by molar-refractivity contribution is -0.144. The van der Waals surface area contributed by atoms with Crippen LogP contribution in [0.3, 0.4) is 0 Å². The second-order valence-corrected chi connectivity index (χ2v) is 8.86. The summed E-state index contributed by atoms with van der Waals surface area (Å²) in [6.45, 7) is 4.82. The lowest BCUT2D eigenvalue weighted by Gasteiger charge is -2.28. The maximum Gasteiger partial charge on any atom is 0.326 e. The highest BCUT2D eigenvalue weighted by molar-refractivity contribution is 5.94. The Kier molecular flexibility index (Phi) is 9.42.